The molecule has 0 saturated carbocycles. The van der Waals surface area contributed by atoms with Crippen LogP contribution in [0.3, 0.4) is 0 Å². The number of nitrogens with zero attached hydrogens (tertiary/aromatic N) is 1. The van der Waals surface area contributed by atoms with Crippen LogP contribution in [0.4, 0.5) is 4.39 Å². The quantitative estimate of drug-likeness (QED) is 0.879. The molecule has 0 radical (unpaired) electrons. The molecule has 2 atom stereocenters. The van der Waals surface area contributed by atoms with Gasteiger partial charge in [0.2, 0.25) is 0 Å². The third kappa shape index (κ3) is 4.02. The molecule has 2 rings (SSSR count). The Morgan fingerprint density at radius 2 is 2.00 bits per heavy atom. The van der Waals surface area contributed by atoms with Gasteiger partial charge in [-0.05, 0) is 43.1 Å². The lowest BCUT2D eigenvalue weighted by Crippen LogP contribution is -2.48. The van der Waals surface area contributed by atoms with Gasteiger partial charge < -0.3 is 5.32 Å². The number of hydrogen-bond acceptors (Lipinski definition) is 2. The molecule has 106 valence electrons. The fourth-order valence-corrected chi connectivity index (χ4v) is 3.04. The number of likely N-dealkylation sites (tertiary alicyclic amines) is 1. The average molecular weight is 264 g/mol. The van der Waals surface area contributed by atoms with Crippen molar-refractivity contribution in [3.05, 3.63) is 35.6 Å². The maximum atomic E-state index is 12.9. The average Bonchev–Trinajstić information content (AvgIpc) is 2.43. The molecule has 1 aromatic carbocycles. The molecule has 1 aromatic rings. The van der Waals surface area contributed by atoms with Crippen LogP contribution in [0.2, 0.25) is 0 Å². The molecule has 0 spiro atoms. The van der Waals surface area contributed by atoms with Crippen LogP contribution in [0.5, 0.6) is 0 Å². The summed E-state index contributed by atoms with van der Waals surface area (Å²) in [5, 5.41) is 3.60. The summed E-state index contributed by atoms with van der Waals surface area (Å²) in [5.41, 5.74) is 1.21. The number of rotatable bonds is 5. The predicted octanol–water partition coefficient (Wildman–Crippen LogP) is 3.04. The van der Waals surface area contributed by atoms with Crippen molar-refractivity contribution < 1.29 is 4.39 Å². The van der Waals surface area contributed by atoms with Crippen molar-refractivity contribution in [1.82, 2.24) is 10.2 Å². The Balaban J connectivity index is 1.90. The number of halogens is 1. The van der Waals surface area contributed by atoms with Crippen LogP contribution >= 0.6 is 0 Å². The molecule has 19 heavy (non-hydrogen) atoms. The Labute approximate surface area is 116 Å². The first-order chi connectivity index (χ1) is 9.22. The summed E-state index contributed by atoms with van der Waals surface area (Å²) >= 11 is 0. The molecule has 1 heterocycles. The molecule has 0 bridgehead atoms. The maximum Gasteiger partial charge on any atom is 0.123 e. The minimum absolute atomic E-state index is 0.152. The standard InChI is InChI=1S/C16H25FN2/c1-3-14-12-19(10-9-16(14)18-4-2)11-13-5-7-15(17)8-6-13/h5-8,14,16,18H,3-4,9-12H2,1-2H3. The predicted molar refractivity (Wildman–Crippen MR) is 77.5 cm³/mol. The summed E-state index contributed by atoms with van der Waals surface area (Å²) in [6.45, 7) is 8.72. The van der Waals surface area contributed by atoms with Crippen LogP contribution in [0, 0.1) is 11.7 Å². The second-order valence-corrected chi connectivity index (χ2v) is 5.48. The van der Waals surface area contributed by atoms with E-state index in [2.05, 4.69) is 24.1 Å². The Kier molecular flexibility index (Phi) is 5.34. The summed E-state index contributed by atoms with van der Waals surface area (Å²) in [4.78, 5) is 2.50. The molecule has 1 aliphatic heterocycles. The lowest BCUT2D eigenvalue weighted by atomic mass is 9.89. The van der Waals surface area contributed by atoms with Crippen LogP contribution in [-0.4, -0.2) is 30.6 Å². The van der Waals surface area contributed by atoms with Crippen LogP contribution in [0.1, 0.15) is 32.3 Å². The molecule has 2 unspecified atom stereocenters. The highest BCUT2D eigenvalue weighted by molar-refractivity contribution is 5.16. The zero-order chi connectivity index (χ0) is 13.7. The van der Waals surface area contributed by atoms with Gasteiger partial charge in [0, 0.05) is 19.1 Å². The molecule has 0 amide bonds. The summed E-state index contributed by atoms with van der Waals surface area (Å²) in [6, 6.07) is 7.56. The van der Waals surface area contributed by atoms with Gasteiger partial charge in [0.05, 0.1) is 0 Å². The highest BCUT2D eigenvalue weighted by atomic mass is 19.1. The molecule has 1 N–H and O–H groups in total. The van der Waals surface area contributed by atoms with E-state index in [4.69, 9.17) is 0 Å². The van der Waals surface area contributed by atoms with Crippen molar-refractivity contribution in [3.8, 4) is 0 Å². The molecule has 1 fully saturated rings. The van der Waals surface area contributed by atoms with Crippen LogP contribution in [0.25, 0.3) is 0 Å². The van der Waals surface area contributed by atoms with Crippen molar-refractivity contribution in [2.75, 3.05) is 19.6 Å². The van der Waals surface area contributed by atoms with E-state index < -0.39 is 0 Å². The highest BCUT2D eigenvalue weighted by Crippen LogP contribution is 2.21. The number of piperidine rings is 1. The van der Waals surface area contributed by atoms with Crippen molar-refractivity contribution in [2.24, 2.45) is 5.92 Å². The van der Waals surface area contributed by atoms with Crippen LogP contribution < -0.4 is 5.32 Å². The van der Waals surface area contributed by atoms with E-state index in [1.165, 1.54) is 18.4 Å². The van der Waals surface area contributed by atoms with Crippen LogP contribution in [0.15, 0.2) is 24.3 Å². The summed E-state index contributed by atoms with van der Waals surface area (Å²) in [5.74, 6) is 0.579. The van der Waals surface area contributed by atoms with Gasteiger partial charge in [-0.25, -0.2) is 4.39 Å². The van der Waals surface area contributed by atoms with Crippen molar-refractivity contribution in [1.29, 1.82) is 0 Å². The number of benzene rings is 1. The van der Waals surface area contributed by atoms with Gasteiger partial charge in [0.15, 0.2) is 0 Å². The normalized spacial score (nSPS) is 24.6. The minimum atomic E-state index is -0.152. The van der Waals surface area contributed by atoms with E-state index in [0.29, 0.717) is 6.04 Å². The van der Waals surface area contributed by atoms with E-state index in [1.54, 1.807) is 12.1 Å². The summed E-state index contributed by atoms with van der Waals surface area (Å²) in [6.07, 6.45) is 2.44. The highest BCUT2D eigenvalue weighted by Gasteiger charge is 2.27. The molecule has 2 nitrogen and oxygen atoms in total. The maximum absolute atomic E-state index is 12.9. The summed E-state index contributed by atoms with van der Waals surface area (Å²) < 4.78 is 12.9. The molecule has 1 aliphatic rings. The molecular weight excluding hydrogens is 239 g/mol. The van der Waals surface area contributed by atoms with E-state index >= 15 is 0 Å². The molecular formula is C16H25FN2. The Morgan fingerprint density at radius 3 is 2.63 bits per heavy atom. The largest absolute Gasteiger partial charge is 0.314 e. The third-order valence-corrected chi connectivity index (χ3v) is 4.13. The summed E-state index contributed by atoms with van der Waals surface area (Å²) in [7, 11) is 0. The SMILES string of the molecule is CCNC1CCN(Cc2ccc(F)cc2)CC1CC. The minimum Gasteiger partial charge on any atom is -0.314 e. The van der Waals surface area contributed by atoms with Gasteiger partial charge in [-0.2, -0.15) is 0 Å². The fourth-order valence-electron chi connectivity index (χ4n) is 3.04. The van der Waals surface area contributed by atoms with E-state index in [-0.39, 0.29) is 5.82 Å². The van der Waals surface area contributed by atoms with Crippen LogP contribution in [-0.2, 0) is 6.54 Å². The van der Waals surface area contributed by atoms with Gasteiger partial charge in [0.25, 0.3) is 0 Å². The Hall–Kier alpha value is -0.930. The van der Waals surface area contributed by atoms with Gasteiger partial charge in [0.1, 0.15) is 5.82 Å². The fraction of sp³-hybridized carbons (Fsp3) is 0.625. The third-order valence-electron chi connectivity index (χ3n) is 4.13. The Morgan fingerprint density at radius 1 is 1.26 bits per heavy atom. The van der Waals surface area contributed by atoms with Crippen molar-refractivity contribution >= 4 is 0 Å². The first-order valence-electron chi connectivity index (χ1n) is 7.43. The first-order valence-corrected chi connectivity index (χ1v) is 7.43. The second kappa shape index (κ2) is 7.01. The number of hydrogen-bond donors (Lipinski definition) is 1. The van der Waals surface area contributed by atoms with Gasteiger partial charge in [-0.15, -0.1) is 0 Å². The van der Waals surface area contributed by atoms with E-state index in [0.717, 1.165) is 32.1 Å². The lowest BCUT2D eigenvalue weighted by Gasteiger charge is -2.38. The zero-order valence-electron chi connectivity index (χ0n) is 12.0. The monoisotopic (exact) mass is 264 g/mol. The number of nitrogens with one attached hydrogen (secondary N) is 1. The van der Waals surface area contributed by atoms with Crippen molar-refractivity contribution in [3.63, 3.8) is 0 Å². The van der Waals surface area contributed by atoms with Gasteiger partial charge in [-0.1, -0.05) is 32.4 Å². The van der Waals surface area contributed by atoms with Gasteiger partial charge in [-0.3, -0.25) is 4.90 Å². The molecule has 0 aromatic heterocycles. The first kappa shape index (κ1) is 14.5. The smallest absolute Gasteiger partial charge is 0.123 e. The molecule has 1 saturated heterocycles. The zero-order valence-corrected chi connectivity index (χ0v) is 12.0. The Bertz CT molecular complexity index is 377. The van der Waals surface area contributed by atoms with Crippen molar-refractivity contribution in [2.45, 2.75) is 39.3 Å². The molecule has 3 heteroatoms. The lowest BCUT2D eigenvalue weighted by molar-refractivity contribution is 0.129. The topological polar surface area (TPSA) is 15.3 Å². The van der Waals surface area contributed by atoms with E-state index in [1.807, 2.05) is 12.1 Å². The van der Waals surface area contributed by atoms with Gasteiger partial charge >= 0.3 is 0 Å². The second-order valence-electron chi connectivity index (χ2n) is 5.48. The van der Waals surface area contributed by atoms with E-state index in [9.17, 15) is 4.39 Å². The molecule has 0 aliphatic carbocycles.